The lowest BCUT2D eigenvalue weighted by Gasteiger charge is -2.31. The summed E-state index contributed by atoms with van der Waals surface area (Å²) >= 11 is 0. The largest absolute Gasteiger partial charge is 0.384 e. The van der Waals surface area contributed by atoms with Crippen LogP contribution in [0.2, 0.25) is 0 Å². The highest BCUT2D eigenvalue weighted by molar-refractivity contribution is 5.51. The highest BCUT2D eigenvalue weighted by Gasteiger charge is 2.34. The van der Waals surface area contributed by atoms with E-state index in [1.807, 2.05) is 0 Å². The van der Waals surface area contributed by atoms with Crippen molar-refractivity contribution in [3.8, 4) is 0 Å². The van der Waals surface area contributed by atoms with E-state index in [2.05, 4.69) is 19.2 Å². The van der Waals surface area contributed by atoms with Crippen molar-refractivity contribution in [3.63, 3.8) is 0 Å². The number of hydrogen-bond donors (Lipinski definition) is 1. The fourth-order valence-electron chi connectivity index (χ4n) is 3.52. The van der Waals surface area contributed by atoms with Crippen molar-refractivity contribution >= 4 is 11.4 Å². The Morgan fingerprint density at radius 1 is 1.33 bits per heavy atom. The number of non-ortho nitro benzene ring substituents is 1. The molecule has 21 heavy (non-hydrogen) atoms. The van der Waals surface area contributed by atoms with Gasteiger partial charge >= 0.3 is 0 Å². The molecule has 116 valence electrons. The maximum absolute atomic E-state index is 13.4. The number of rotatable bonds is 6. The van der Waals surface area contributed by atoms with Crippen molar-refractivity contribution in [2.75, 3.05) is 11.9 Å². The summed E-state index contributed by atoms with van der Waals surface area (Å²) in [7, 11) is 0. The molecule has 0 radical (unpaired) electrons. The minimum absolute atomic E-state index is 0.207. The second-order valence-corrected chi connectivity index (χ2v) is 6.61. The van der Waals surface area contributed by atoms with Crippen LogP contribution >= 0.6 is 0 Å². The first-order valence-electron chi connectivity index (χ1n) is 7.59. The van der Waals surface area contributed by atoms with Gasteiger partial charge in [-0.1, -0.05) is 26.7 Å². The van der Waals surface area contributed by atoms with Gasteiger partial charge in [0, 0.05) is 18.3 Å². The maximum Gasteiger partial charge on any atom is 0.274 e. The summed E-state index contributed by atoms with van der Waals surface area (Å²) in [4.78, 5) is 10.2. The molecule has 4 nitrogen and oxygen atoms in total. The van der Waals surface area contributed by atoms with Gasteiger partial charge in [0.15, 0.2) is 0 Å². The molecule has 0 unspecified atom stereocenters. The highest BCUT2D eigenvalue weighted by Crippen LogP contribution is 2.43. The lowest BCUT2D eigenvalue weighted by molar-refractivity contribution is -0.385. The fraction of sp³-hybridized carbons (Fsp3) is 0.625. The molecular weight excluding hydrogens is 271 g/mol. The average molecular weight is 294 g/mol. The Balaban J connectivity index is 2.09. The zero-order valence-corrected chi connectivity index (χ0v) is 12.7. The summed E-state index contributed by atoms with van der Waals surface area (Å²) in [5.74, 6) is 0.0442. The highest BCUT2D eigenvalue weighted by atomic mass is 19.1. The zero-order chi connectivity index (χ0) is 15.5. The SMILES string of the molecule is CC(C)CC1(CNc2cc(F)cc([N+](=O)[O-])c2)CCCC1. The molecule has 2 rings (SSSR count). The molecule has 1 aliphatic rings. The molecular formula is C16H23FN2O2. The Bertz CT molecular complexity index is 511. The Kier molecular flexibility index (Phi) is 4.80. The molecule has 1 aliphatic carbocycles. The molecule has 0 aliphatic heterocycles. The van der Waals surface area contributed by atoms with E-state index >= 15 is 0 Å². The van der Waals surface area contributed by atoms with Crippen molar-refractivity contribution in [2.45, 2.75) is 46.0 Å². The van der Waals surface area contributed by atoms with Crippen LogP contribution < -0.4 is 5.32 Å². The Hall–Kier alpha value is -1.65. The molecule has 0 saturated heterocycles. The van der Waals surface area contributed by atoms with E-state index in [9.17, 15) is 14.5 Å². The molecule has 1 aromatic carbocycles. The second-order valence-electron chi connectivity index (χ2n) is 6.61. The van der Waals surface area contributed by atoms with Crippen LogP contribution in [-0.2, 0) is 0 Å². The van der Waals surface area contributed by atoms with Crippen LogP contribution in [0.15, 0.2) is 18.2 Å². The van der Waals surface area contributed by atoms with E-state index < -0.39 is 10.7 Å². The van der Waals surface area contributed by atoms with E-state index in [4.69, 9.17) is 0 Å². The first-order valence-corrected chi connectivity index (χ1v) is 7.59. The number of nitrogens with zero attached hydrogens (tertiary/aromatic N) is 1. The number of anilines is 1. The molecule has 0 heterocycles. The van der Waals surface area contributed by atoms with Gasteiger partial charge in [-0.25, -0.2) is 4.39 Å². The van der Waals surface area contributed by atoms with E-state index in [0.29, 0.717) is 11.6 Å². The lowest BCUT2D eigenvalue weighted by Crippen LogP contribution is -2.28. The molecule has 0 aromatic heterocycles. The molecule has 1 fully saturated rings. The Morgan fingerprint density at radius 3 is 2.57 bits per heavy atom. The summed E-state index contributed by atoms with van der Waals surface area (Å²) in [5.41, 5.74) is 0.536. The van der Waals surface area contributed by atoms with Crippen LogP contribution in [-0.4, -0.2) is 11.5 Å². The molecule has 0 atom stereocenters. The van der Waals surface area contributed by atoms with Crippen LogP contribution in [0, 0.1) is 27.3 Å². The molecule has 0 spiro atoms. The molecule has 0 amide bonds. The summed E-state index contributed by atoms with van der Waals surface area (Å²) in [5, 5.41) is 14.0. The maximum atomic E-state index is 13.4. The van der Waals surface area contributed by atoms with Gasteiger partial charge in [0.05, 0.1) is 11.0 Å². The fourth-order valence-corrected chi connectivity index (χ4v) is 3.52. The second kappa shape index (κ2) is 6.41. The van der Waals surface area contributed by atoms with Gasteiger partial charge in [-0.05, 0) is 36.7 Å². The van der Waals surface area contributed by atoms with Crippen molar-refractivity contribution in [1.82, 2.24) is 0 Å². The van der Waals surface area contributed by atoms with Crippen LogP contribution in [0.25, 0.3) is 0 Å². The zero-order valence-electron chi connectivity index (χ0n) is 12.7. The van der Waals surface area contributed by atoms with Gasteiger partial charge < -0.3 is 5.32 Å². The van der Waals surface area contributed by atoms with Gasteiger partial charge in [0.2, 0.25) is 0 Å². The first kappa shape index (κ1) is 15.7. The van der Waals surface area contributed by atoms with E-state index in [1.165, 1.54) is 37.8 Å². The summed E-state index contributed by atoms with van der Waals surface area (Å²) in [6, 6.07) is 3.68. The van der Waals surface area contributed by atoms with Crippen molar-refractivity contribution in [3.05, 3.63) is 34.1 Å². The van der Waals surface area contributed by atoms with Gasteiger partial charge in [-0.15, -0.1) is 0 Å². The van der Waals surface area contributed by atoms with Crippen LogP contribution in [0.3, 0.4) is 0 Å². The topological polar surface area (TPSA) is 55.2 Å². The smallest absolute Gasteiger partial charge is 0.274 e. The normalized spacial score (nSPS) is 17.1. The van der Waals surface area contributed by atoms with Gasteiger partial charge in [0.25, 0.3) is 5.69 Å². The average Bonchev–Trinajstić information content (AvgIpc) is 2.84. The van der Waals surface area contributed by atoms with E-state index in [-0.39, 0.29) is 11.1 Å². The standard InChI is InChI=1S/C16H23FN2O2/c1-12(2)10-16(5-3-4-6-16)11-18-14-7-13(17)8-15(9-14)19(20)21/h7-9,12,18H,3-6,10-11H2,1-2H3. The number of benzene rings is 1. The number of nitro groups is 1. The van der Waals surface area contributed by atoms with Gasteiger partial charge in [-0.3, -0.25) is 10.1 Å². The summed E-state index contributed by atoms with van der Waals surface area (Å²) < 4.78 is 13.4. The van der Waals surface area contributed by atoms with Crippen molar-refractivity contribution < 1.29 is 9.31 Å². The third-order valence-electron chi connectivity index (χ3n) is 4.27. The van der Waals surface area contributed by atoms with Crippen molar-refractivity contribution in [2.24, 2.45) is 11.3 Å². The van der Waals surface area contributed by atoms with Crippen LogP contribution in [0.5, 0.6) is 0 Å². The lowest BCUT2D eigenvalue weighted by atomic mass is 9.78. The molecule has 1 N–H and O–H groups in total. The summed E-state index contributed by atoms with van der Waals surface area (Å²) in [6.07, 6.45) is 5.96. The molecule has 0 bridgehead atoms. The number of nitro benzene ring substituents is 1. The molecule has 1 aromatic rings. The minimum Gasteiger partial charge on any atom is -0.384 e. The number of nitrogens with one attached hydrogen (secondary N) is 1. The number of halogens is 1. The minimum atomic E-state index is -0.573. The predicted octanol–water partition coefficient (Wildman–Crippen LogP) is 4.75. The monoisotopic (exact) mass is 294 g/mol. The van der Waals surface area contributed by atoms with Crippen LogP contribution in [0.1, 0.15) is 46.0 Å². The van der Waals surface area contributed by atoms with E-state index in [1.54, 1.807) is 0 Å². The predicted molar refractivity (Wildman–Crippen MR) is 81.9 cm³/mol. The Labute approximate surface area is 124 Å². The van der Waals surface area contributed by atoms with Crippen molar-refractivity contribution in [1.29, 1.82) is 0 Å². The van der Waals surface area contributed by atoms with Gasteiger partial charge in [-0.2, -0.15) is 0 Å². The van der Waals surface area contributed by atoms with Gasteiger partial charge in [0.1, 0.15) is 5.82 Å². The molecule has 5 heteroatoms. The third-order valence-corrected chi connectivity index (χ3v) is 4.27. The van der Waals surface area contributed by atoms with Crippen LogP contribution in [0.4, 0.5) is 15.8 Å². The quantitative estimate of drug-likeness (QED) is 0.608. The van der Waals surface area contributed by atoms with E-state index in [0.717, 1.165) is 19.0 Å². The number of hydrogen-bond acceptors (Lipinski definition) is 3. The third kappa shape index (κ3) is 4.16. The summed E-state index contributed by atoms with van der Waals surface area (Å²) in [6.45, 7) is 5.19. The Morgan fingerprint density at radius 2 is 2.00 bits per heavy atom. The molecule has 1 saturated carbocycles. The first-order chi connectivity index (χ1) is 9.90.